The van der Waals surface area contributed by atoms with Crippen LogP contribution in [0.4, 0.5) is 0 Å². The molecule has 0 bridgehead atoms. The fraction of sp³-hybridized carbons (Fsp3) is 0.333. The molecule has 0 fully saturated rings. The standard InChI is InChI=1S/C12H12N2O/c1-15-8-5-6-11-12(7-8)14-10-4-2-3-9(10)13-11/h5-7H,2-4H2,1H3. The quantitative estimate of drug-likeness (QED) is 0.707. The molecule has 0 saturated heterocycles. The third kappa shape index (κ3) is 1.35. The highest BCUT2D eigenvalue weighted by Crippen LogP contribution is 2.23. The molecule has 1 aliphatic rings. The van der Waals surface area contributed by atoms with Crippen LogP contribution in [-0.2, 0) is 12.8 Å². The van der Waals surface area contributed by atoms with Crippen molar-refractivity contribution in [2.45, 2.75) is 19.3 Å². The van der Waals surface area contributed by atoms with Crippen LogP contribution in [0.2, 0.25) is 0 Å². The Morgan fingerprint density at radius 2 is 1.80 bits per heavy atom. The summed E-state index contributed by atoms with van der Waals surface area (Å²) < 4.78 is 5.17. The summed E-state index contributed by atoms with van der Waals surface area (Å²) in [6, 6.07) is 5.85. The van der Waals surface area contributed by atoms with Crippen LogP contribution in [0.15, 0.2) is 18.2 Å². The van der Waals surface area contributed by atoms with E-state index in [1.54, 1.807) is 7.11 Å². The molecule has 3 heteroatoms. The lowest BCUT2D eigenvalue weighted by atomic mass is 10.2. The van der Waals surface area contributed by atoms with E-state index in [9.17, 15) is 0 Å². The molecule has 0 aliphatic heterocycles. The van der Waals surface area contributed by atoms with Gasteiger partial charge in [0.1, 0.15) is 5.75 Å². The number of fused-ring (bicyclic) bond motifs is 2. The summed E-state index contributed by atoms with van der Waals surface area (Å²) in [5.41, 5.74) is 4.25. The van der Waals surface area contributed by atoms with E-state index in [-0.39, 0.29) is 0 Å². The minimum Gasteiger partial charge on any atom is -0.497 e. The minimum absolute atomic E-state index is 0.842. The molecule has 0 unspecified atom stereocenters. The molecule has 0 N–H and O–H groups in total. The third-order valence-corrected chi connectivity index (χ3v) is 2.85. The number of aryl methyl sites for hydroxylation is 2. The van der Waals surface area contributed by atoms with E-state index >= 15 is 0 Å². The second kappa shape index (κ2) is 3.19. The number of benzene rings is 1. The number of nitrogens with zero attached hydrogens (tertiary/aromatic N) is 2. The van der Waals surface area contributed by atoms with Crippen molar-refractivity contribution in [1.29, 1.82) is 0 Å². The van der Waals surface area contributed by atoms with Gasteiger partial charge in [-0.15, -0.1) is 0 Å². The molecule has 0 saturated carbocycles. The smallest absolute Gasteiger partial charge is 0.121 e. The predicted molar refractivity (Wildman–Crippen MR) is 58.1 cm³/mol. The maximum absolute atomic E-state index is 5.17. The summed E-state index contributed by atoms with van der Waals surface area (Å²) in [5, 5.41) is 0. The Hall–Kier alpha value is -1.64. The lowest BCUT2D eigenvalue weighted by Crippen LogP contribution is -1.94. The van der Waals surface area contributed by atoms with Crippen LogP contribution in [0.5, 0.6) is 5.75 Å². The van der Waals surface area contributed by atoms with Crippen molar-refractivity contribution in [3.05, 3.63) is 29.6 Å². The van der Waals surface area contributed by atoms with Crippen molar-refractivity contribution in [2.75, 3.05) is 7.11 Å². The van der Waals surface area contributed by atoms with E-state index in [4.69, 9.17) is 4.74 Å². The molecule has 1 aromatic carbocycles. The highest BCUT2D eigenvalue weighted by atomic mass is 16.5. The molecule has 15 heavy (non-hydrogen) atoms. The number of hydrogen-bond donors (Lipinski definition) is 0. The van der Waals surface area contributed by atoms with Crippen molar-refractivity contribution in [2.24, 2.45) is 0 Å². The number of methoxy groups -OCH3 is 1. The van der Waals surface area contributed by atoms with Gasteiger partial charge < -0.3 is 4.74 Å². The van der Waals surface area contributed by atoms with Crippen LogP contribution >= 0.6 is 0 Å². The summed E-state index contributed by atoms with van der Waals surface area (Å²) in [5.74, 6) is 0.842. The van der Waals surface area contributed by atoms with Crippen molar-refractivity contribution in [3.63, 3.8) is 0 Å². The van der Waals surface area contributed by atoms with E-state index in [1.807, 2.05) is 18.2 Å². The van der Waals surface area contributed by atoms with Gasteiger partial charge in [-0.1, -0.05) is 0 Å². The van der Waals surface area contributed by atoms with Crippen molar-refractivity contribution >= 4 is 11.0 Å². The average Bonchev–Trinajstić information content (AvgIpc) is 2.72. The molecule has 76 valence electrons. The Morgan fingerprint density at radius 1 is 1.07 bits per heavy atom. The van der Waals surface area contributed by atoms with Gasteiger partial charge in [0.05, 0.1) is 29.5 Å². The zero-order valence-electron chi connectivity index (χ0n) is 8.66. The second-order valence-electron chi connectivity index (χ2n) is 3.83. The van der Waals surface area contributed by atoms with Gasteiger partial charge in [0.2, 0.25) is 0 Å². The lowest BCUT2D eigenvalue weighted by Gasteiger charge is -2.03. The van der Waals surface area contributed by atoms with Gasteiger partial charge in [-0.3, -0.25) is 0 Å². The predicted octanol–water partition coefficient (Wildman–Crippen LogP) is 2.13. The van der Waals surface area contributed by atoms with E-state index in [0.717, 1.165) is 35.3 Å². The Kier molecular flexibility index (Phi) is 1.84. The van der Waals surface area contributed by atoms with Crippen LogP contribution in [0.3, 0.4) is 0 Å². The molecule has 0 atom stereocenters. The first kappa shape index (κ1) is 8.65. The Labute approximate surface area is 88.1 Å². The molecule has 2 aromatic rings. The first-order valence-corrected chi connectivity index (χ1v) is 5.20. The minimum atomic E-state index is 0.842. The van der Waals surface area contributed by atoms with Gasteiger partial charge in [-0.25, -0.2) is 9.97 Å². The zero-order chi connectivity index (χ0) is 10.3. The molecule has 0 spiro atoms. The van der Waals surface area contributed by atoms with Gasteiger partial charge in [-0.2, -0.15) is 0 Å². The molecule has 3 rings (SSSR count). The summed E-state index contributed by atoms with van der Waals surface area (Å²) in [4.78, 5) is 9.23. The highest BCUT2D eigenvalue weighted by Gasteiger charge is 2.14. The molecule has 1 aliphatic carbocycles. The first-order valence-electron chi connectivity index (χ1n) is 5.20. The van der Waals surface area contributed by atoms with E-state index in [2.05, 4.69) is 9.97 Å². The number of hydrogen-bond acceptors (Lipinski definition) is 3. The maximum Gasteiger partial charge on any atom is 0.121 e. The van der Waals surface area contributed by atoms with Crippen LogP contribution in [-0.4, -0.2) is 17.1 Å². The van der Waals surface area contributed by atoms with E-state index in [1.165, 1.54) is 12.1 Å². The molecule has 1 aromatic heterocycles. The van der Waals surface area contributed by atoms with Crippen LogP contribution in [0.1, 0.15) is 17.8 Å². The number of rotatable bonds is 1. The summed E-state index contributed by atoms with van der Waals surface area (Å²) >= 11 is 0. The van der Waals surface area contributed by atoms with Gasteiger partial charge in [0.25, 0.3) is 0 Å². The monoisotopic (exact) mass is 200 g/mol. The third-order valence-electron chi connectivity index (χ3n) is 2.85. The molecule has 0 amide bonds. The SMILES string of the molecule is COc1ccc2nc3c(nc2c1)CCC3. The fourth-order valence-corrected chi connectivity index (χ4v) is 2.06. The van der Waals surface area contributed by atoms with Gasteiger partial charge in [-0.05, 0) is 31.4 Å². The van der Waals surface area contributed by atoms with Crippen molar-refractivity contribution < 1.29 is 4.74 Å². The molecular formula is C12H12N2O. The average molecular weight is 200 g/mol. The Bertz CT molecular complexity index is 522. The molecular weight excluding hydrogens is 188 g/mol. The van der Waals surface area contributed by atoms with Crippen LogP contribution in [0.25, 0.3) is 11.0 Å². The van der Waals surface area contributed by atoms with E-state index < -0.39 is 0 Å². The first-order chi connectivity index (χ1) is 7.36. The van der Waals surface area contributed by atoms with Gasteiger partial charge in [0.15, 0.2) is 0 Å². The second-order valence-corrected chi connectivity index (χ2v) is 3.83. The molecule has 3 nitrogen and oxygen atoms in total. The maximum atomic E-state index is 5.17. The molecule has 1 heterocycles. The van der Waals surface area contributed by atoms with Gasteiger partial charge in [0, 0.05) is 6.07 Å². The lowest BCUT2D eigenvalue weighted by molar-refractivity contribution is 0.415. The van der Waals surface area contributed by atoms with Crippen molar-refractivity contribution in [1.82, 2.24) is 9.97 Å². The summed E-state index contributed by atoms with van der Waals surface area (Å²) in [6.07, 6.45) is 3.32. The zero-order valence-corrected chi connectivity index (χ0v) is 8.66. The van der Waals surface area contributed by atoms with Crippen LogP contribution < -0.4 is 4.74 Å². The highest BCUT2D eigenvalue weighted by molar-refractivity contribution is 5.76. The largest absolute Gasteiger partial charge is 0.497 e. The summed E-state index contributed by atoms with van der Waals surface area (Å²) in [7, 11) is 1.67. The topological polar surface area (TPSA) is 35.0 Å². The van der Waals surface area contributed by atoms with Gasteiger partial charge >= 0.3 is 0 Å². The Morgan fingerprint density at radius 3 is 2.53 bits per heavy atom. The van der Waals surface area contributed by atoms with Crippen molar-refractivity contribution in [3.8, 4) is 5.75 Å². The Balaban J connectivity index is 2.24. The number of aromatic nitrogens is 2. The molecule has 0 radical (unpaired) electrons. The van der Waals surface area contributed by atoms with E-state index in [0.29, 0.717) is 0 Å². The number of ether oxygens (including phenoxy) is 1. The van der Waals surface area contributed by atoms with Crippen LogP contribution in [0, 0.1) is 0 Å². The summed E-state index contributed by atoms with van der Waals surface area (Å²) in [6.45, 7) is 0. The normalized spacial score (nSPS) is 14.2. The fourth-order valence-electron chi connectivity index (χ4n) is 2.06.